The Bertz CT molecular complexity index is 1300. The molecule has 3 aromatic rings. The molecule has 5 rings (SSSR count). The summed E-state index contributed by atoms with van der Waals surface area (Å²) >= 11 is 1.50. The molecule has 0 amide bonds. The molecule has 4 heterocycles. The summed E-state index contributed by atoms with van der Waals surface area (Å²) in [4.78, 5) is 18.1. The minimum atomic E-state index is -1.24. The SMILES string of the molecule is C[C@H]1OC[C@]2(c3cc(-c4cnc(-c5cnccn5)n4COCC[Si](C)(C)C)ccc3F)N=C(N)SC[C@H]12. The normalized spacial score (nSPS) is 23.6. The van der Waals surface area contributed by atoms with Crippen LogP contribution in [-0.4, -0.2) is 57.8 Å². The molecule has 0 radical (unpaired) electrons. The van der Waals surface area contributed by atoms with E-state index in [1.165, 1.54) is 17.8 Å². The fourth-order valence-corrected chi connectivity index (χ4v) is 6.79. The van der Waals surface area contributed by atoms with E-state index in [0.29, 0.717) is 42.2 Å². The third-order valence-electron chi connectivity index (χ3n) is 7.06. The molecule has 8 nitrogen and oxygen atoms in total. The van der Waals surface area contributed by atoms with Crippen LogP contribution in [0.15, 0.2) is 48.0 Å². The van der Waals surface area contributed by atoms with Gasteiger partial charge in [0.05, 0.1) is 30.8 Å². The second-order valence-electron chi connectivity index (χ2n) is 10.8. The summed E-state index contributed by atoms with van der Waals surface area (Å²) in [6.45, 7) is 10.2. The summed E-state index contributed by atoms with van der Waals surface area (Å²) in [5, 5.41) is 0.463. The van der Waals surface area contributed by atoms with Crippen LogP contribution in [0.2, 0.25) is 25.7 Å². The van der Waals surface area contributed by atoms with Gasteiger partial charge in [-0.2, -0.15) is 0 Å². The van der Waals surface area contributed by atoms with E-state index in [1.54, 1.807) is 30.9 Å². The van der Waals surface area contributed by atoms with E-state index in [9.17, 15) is 0 Å². The van der Waals surface area contributed by atoms with Crippen LogP contribution >= 0.6 is 11.8 Å². The molecule has 37 heavy (non-hydrogen) atoms. The average Bonchev–Trinajstić information content (AvgIpc) is 3.43. The Kier molecular flexibility index (Phi) is 7.23. The van der Waals surface area contributed by atoms with Gasteiger partial charge in [-0.05, 0) is 31.2 Å². The third-order valence-corrected chi connectivity index (χ3v) is 9.68. The predicted octanol–water partition coefficient (Wildman–Crippen LogP) is 4.75. The number of hydrogen-bond donors (Lipinski definition) is 1. The highest BCUT2D eigenvalue weighted by atomic mass is 32.2. The number of nitrogens with two attached hydrogens (primary N) is 1. The molecule has 0 bridgehead atoms. The lowest BCUT2D eigenvalue weighted by molar-refractivity contribution is 0.0892. The number of benzene rings is 1. The summed E-state index contributed by atoms with van der Waals surface area (Å²) in [7, 11) is -1.24. The van der Waals surface area contributed by atoms with Crippen molar-refractivity contribution in [3.63, 3.8) is 0 Å². The zero-order chi connectivity index (χ0) is 26.2. The van der Waals surface area contributed by atoms with Gasteiger partial charge in [0.2, 0.25) is 0 Å². The van der Waals surface area contributed by atoms with E-state index in [4.69, 9.17) is 20.2 Å². The maximum absolute atomic E-state index is 15.5. The lowest BCUT2D eigenvalue weighted by atomic mass is 9.78. The van der Waals surface area contributed by atoms with Crippen LogP contribution < -0.4 is 5.73 Å². The predicted molar refractivity (Wildman–Crippen MR) is 147 cm³/mol. The summed E-state index contributed by atoms with van der Waals surface area (Å²) < 4.78 is 29.5. The quantitative estimate of drug-likeness (QED) is 0.325. The highest BCUT2D eigenvalue weighted by Crippen LogP contribution is 2.48. The van der Waals surface area contributed by atoms with Gasteiger partial charge in [-0.3, -0.25) is 9.55 Å². The molecule has 1 fully saturated rings. The molecule has 196 valence electrons. The molecule has 0 unspecified atom stereocenters. The van der Waals surface area contributed by atoms with Gasteiger partial charge in [-0.15, -0.1) is 0 Å². The lowest BCUT2D eigenvalue weighted by Gasteiger charge is -2.35. The van der Waals surface area contributed by atoms with Crippen molar-refractivity contribution in [3.8, 4) is 22.8 Å². The van der Waals surface area contributed by atoms with Crippen molar-refractivity contribution < 1.29 is 13.9 Å². The summed E-state index contributed by atoms with van der Waals surface area (Å²) in [5.41, 5.74) is 8.05. The summed E-state index contributed by atoms with van der Waals surface area (Å²) in [6.07, 6.45) is 6.68. The highest BCUT2D eigenvalue weighted by molar-refractivity contribution is 8.13. The Morgan fingerprint density at radius 2 is 2.08 bits per heavy atom. The maximum Gasteiger partial charge on any atom is 0.162 e. The number of aliphatic imine (C=N–C) groups is 1. The fourth-order valence-electron chi connectivity index (χ4n) is 4.91. The van der Waals surface area contributed by atoms with Crippen LogP contribution in [0.3, 0.4) is 0 Å². The minimum Gasteiger partial charge on any atom is -0.379 e. The molecule has 2 aliphatic heterocycles. The van der Waals surface area contributed by atoms with Crippen LogP contribution in [0.4, 0.5) is 4.39 Å². The van der Waals surface area contributed by atoms with Crippen molar-refractivity contribution in [2.75, 3.05) is 19.0 Å². The average molecular weight is 541 g/mol. The fraction of sp³-hybridized carbons (Fsp3) is 0.462. The van der Waals surface area contributed by atoms with Gasteiger partial charge in [0.1, 0.15) is 23.8 Å². The molecule has 2 aromatic heterocycles. The first-order chi connectivity index (χ1) is 17.7. The molecular formula is C26H33FN6O2SSi. The van der Waals surface area contributed by atoms with Gasteiger partial charge in [0, 0.05) is 49.9 Å². The number of hydrogen-bond acceptors (Lipinski definition) is 8. The molecule has 2 N–H and O–H groups in total. The molecule has 2 aliphatic rings. The second kappa shape index (κ2) is 10.3. The topological polar surface area (TPSA) is 100 Å². The molecule has 0 saturated carbocycles. The molecule has 1 aromatic carbocycles. The van der Waals surface area contributed by atoms with Crippen LogP contribution in [0.25, 0.3) is 22.8 Å². The molecule has 3 atom stereocenters. The number of aromatic nitrogens is 4. The summed E-state index contributed by atoms with van der Waals surface area (Å²) in [6, 6.07) is 6.19. The molecule has 1 saturated heterocycles. The zero-order valence-corrected chi connectivity index (χ0v) is 23.5. The van der Waals surface area contributed by atoms with Gasteiger partial charge in [0.25, 0.3) is 0 Å². The van der Waals surface area contributed by atoms with E-state index in [1.807, 2.05) is 17.6 Å². The Labute approximate surface area is 221 Å². The van der Waals surface area contributed by atoms with Gasteiger partial charge < -0.3 is 15.2 Å². The van der Waals surface area contributed by atoms with Crippen molar-refractivity contribution in [2.24, 2.45) is 16.6 Å². The van der Waals surface area contributed by atoms with Crippen LogP contribution in [0.5, 0.6) is 0 Å². The zero-order valence-electron chi connectivity index (χ0n) is 21.6. The largest absolute Gasteiger partial charge is 0.379 e. The van der Waals surface area contributed by atoms with Crippen LogP contribution in [0, 0.1) is 11.7 Å². The van der Waals surface area contributed by atoms with Crippen molar-refractivity contribution >= 4 is 25.0 Å². The highest BCUT2D eigenvalue weighted by Gasteiger charge is 2.52. The van der Waals surface area contributed by atoms with Crippen molar-refractivity contribution in [1.29, 1.82) is 0 Å². The van der Waals surface area contributed by atoms with Crippen molar-refractivity contribution in [1.82, 2.24) is 19.5 Å². The minimum absolute atomic E-state index is 0.0273. The Morgan fingerprint density at radius 1 is 1.24 bits per heavy atom. The van der Waals surface area contributed by atoms with Crippen LogP contribution in [-0.2, 0) is 21.7 Å². The molecular weight excluding hydrogens is 507 g/mol. The van der Waals surface area contributed by atoms with E-state index in [0.717, 1.165) is 23.1 Å². The maximum atomic E-state index is 15.5. The Hall–Kier alpha value is -2.60. The first-order valence-electron chi connectivity index (χ1n) is 12.5. The molecule has 11 heteroatoms. The number of halogens is 1. The summed E-state index contributed by atoms with van der Waals surface area (Å²) in [5.74, 6) is 1.09. The van der Waals surface area contributed by atoms with Crippen molar-refractivity contribution in [3.05, 3.63) is 54.4 Å². The number of rotatable bonds is 8. The van der Waals surface area contributed by atoms with Gasteiger partial charge in [-0.1, -0.05) is 31.4 Å². The number of imidazole rings is 1. The van der Waals surface area contributed by atoms with Gasteiger partial charge in [-0.25, -0.2) is 19.4 Å². The standard InChI is InChI=1S/C26H33FN6O2SSi/c1-17-20-14-36-25(28)32-26(20,15-35-17)19-11-18(5-6-21(19)27)23-13-31-24(22-12-29-7-8-30-22)33(23)16-34-9-10-37(2,3)4/h5-8,11-13,17,20H,9-10,14-16H2,1-4H3,(H2,28,32)/t17-,20-,26-/m1/s1. The van der Waals surface area contributed by atoms with Gasteiger partial charge >= 0.3 is 0 Å². The van der Waals surface area contributed by atoms with Crippen LogP contribution in [0.1, 0.15) is 12.5 Å². The lowest BCUT2D eigenvalue weighted by Crippen LogP contribution is -2.41. The Morgan fingerprint density at radius 3 is 2.84 bits per heavy atom. The van der Waals surface area contributed by atoms with E-state index >= 15 is 4.39 Å². The van der Waals surface area contributed by atoms with E-state index in [2.05, 4.69) is 34.6 Å². The second-order valence-corrected chi connectivity index (χ2v) is 17.5. The smallest absolute Gasteiger partial charge is 0.162 e. The monoisotopic (exact) mass is 540 g/mol. The number of thioether (sulfide) groups is 1. The number of fused-ring (bicyclic) bond motifs is 1. The Balaban J connectivity index is 1.56. The van der Waals surface area contributed by atoms with Crippen molar-refractivity contribution in [2.45, 2.75) is 51.0 Å². The first-order valence-corrected chi connectivity index (χ1v) is 17.2. The van der Waals surface area contributed by atoms with E-state index in [-0.39, 0.29) is 17.8 Å². The number of amidine groups is 1. The van der Waals surface area contributed by atoms with E-state index < -0.39 is 13.6 Å². The molecule has 0 spiro atoms. The van der Waals surface area contributed by atoms with Gasteiger partial charge in [0.15, 0.2) is 11.0 Å². The third kappa shape index (κ3) is 5.22. The number of ether oxygens (including phenoxy) is 2. The first kappa shape index (κ1) is 26.0. The number of nitrogens with zero attached hydrogens (tertiary/aromatic N) is 5. The molecule has 0 aliphatic carbocycles.